The first-order valence-electron chi connectivity index (χ1n) is 8.13. The lowest BCUT2D eigenvalue weighted by Gasteiger charge is -2.07. The Hall–Kier alpha value is -1.54. The van der Waals surface area contributed by atoms with Crippen molar-refractivity contribution < 1.29 is 9.52 Å². The zero-order valence-corrected chi connectivity index (χ0v) is 14.4. The first-order valence-corrected chi connectivity index (χ1v) is 8.13. The van der Waals surface area contributed by atoms with Crippen molar-refractivity contribution in [1.82, 2.24) is 0 Å². The van der Waals surface area contributed by atoms with Crippen molar-refractivity contribution in [2.45, 2.75) is 65.9 Å². The van der Waals surface area contributed by atoms with E-state index in [2.05, 4.69) is 26.0 Å². The third kappa shape index (κ3) is 8.68. The van der Waals surface area contributed by atoms with Gasteiger partial charge >= 0.3 is 0 Å². The van der Waals surface area contributed by atoms with Crippen LogP contribution >= 0.6 is 0 Å². The normalized spacial score (nSPS) is 14.0. The van der Waals surface area contributed by atoms with Crippen LogP contribution in [-0.4, -0.2) is 11.2 Å². The highest BCUT2D eigenvalue weighted by atomic mass is 16.3. The van der Waals surface area contributed by atoms with E-state index in [-0.39, 0.29) is 6.10 Å². The van der Waals surface area contributed by atoms with Crippen molar-refractivity contribution in [2.24, 2.45) is 0 Å². The summed E-state index contributed by atoms with van der Waals surface area (Å²) in [7, 11) is 0. The lowest BCUT2D eigenvalue weighted by molar-refractivity contribution is 0.222. The van der Waals surface area contributed by atoms with Crippen molar-refractivity contribution in [3.63, 3.8) is 0 Å². The molecule has 0 aliphatic rings. The van der Waals surface area contributed by atoms with E-state index in [1.807, 2.05) is 32.3 Å². The average Bonchev–Trinajstić information content (AvgIpc) is 2.90. The summed E-state index contributed by atoms with van der Waals surface area (Å²) in [5, 5.41) is 9.87. The molecule has 0 spiro atoms. The second-order valence-corrected chi connectivity index (χ2v) is 6.33. The number of aliphatic hydroxyl groups is 1. The van der Waals surface area contributed by atoms with Gasteiger partial charge in [0, 0.05) is 0 Å². The largest absolute Gasteiger partial charge is 0.472 e. The topological polar surface area (TPSA) is 33.4 Å². The van der Waals surface area contributed by atoms with Crippen LogP contribution in [0.1, 0.15) is 58.9 Å². The van der Waals surface area contributed by atoms with Gasteiger partial charge in [0.25, 0.3) is 0 Å². The highest BCUT2D eigenvalue weighted by Crippen LogP contribution is 2.13. The van der Waals surface area contributed by atoms with E-state index >= 15 is 0 Å². The summed E-state index contributed by atoms with van der Waals surface area (Å²) in [6.45, 7) is 8.32. The Morgan fingerprint density at radius 3 is 2.50 bits per heavy atom. The minimum absolute atomic E-state index is 0.354. The molecule has 0 saturated heterocycles. The van der Waals surface area contributed by atoms with Crippen molar-refractivity contribution in [2.75, 3.05) is 0 Å². The van der Waals surface area contributed by atoms with E-state index in [1.165, 1.54) is 16.7 Å². The van der Waals surface area contributed by atoms with Crippen molar-refractivity contribution in [1.29, 1.82) is 0 Å². The molecule has 0 aliphatic heterocycles. The SMILES string of the molecule is CC(C)=CC(O)CC(C)=CCCC(C)=CCCc1ccoc1. The fourth-order valence-electron chi connectivity index (χ4n) is 2.43. The van der Waals surface area contributed by atoms with Gasteiger partial charge in [-0.05, 0) is 71.4 Å². The molecular formula is C20H30O2. The molecule has 1 rings (SSSR count). The van der Waals surface area contributed by atoms with Gasteiger partial charge in [0.1, 0.15) is 0 Å². The molecule has 2 nitrogen and oxygen atoms in total. The summed E-state index contributed by atoms with van der Waals surface area (Å²) in [4.78, 5) is 0. The summed E-state index contributed by atoms with van der Waals surface area (Å²) in [5.41, 5.74) is 5.11. The molecule has 0 aromatic carbocycles. The molecular weight excluding hydrogens is 272 g/mol. The third-order valence-electron chi connectivity index (χ3n) is 3.59. The van der Waals surface area contributed by atoms with Crippen LogP contribution in [0.4, 0.5) is 0 Å². The molecule has 122 valence electrons. The van der Waals surface area contributed by atoms with Gasteiger partial charge in [-0.25, -0.2) is 0 Å². The third-order valence-corrected chi connectivity index (χ3v) is 3.59. The quantitative estimate of drug-likeness (QED) is 0.602. The number of aliphatic hydroxyl groups excluding tert-OH is 1. The first-order chi connectivity index (χ1) is 10.5. The van der Waals surface area contributed by atoms with E-state index in [1.54, 1.807) is 6.26 Å². The standard InChI is InChI=1S/C20H30O2/c1-16(2)13-20(21)14-18(4)9-5-7-17(3)8-6-10-19-11-12-22-15-19/h8-9,11-13,15,20-21H,5-7,10,14H2,1-4H3. The minimum atomic E-state index is -0.354. The molecule has 1 atom stereocenters. The Kier molecular flexibility index (Phi) is 8.61. The minimum Gasteiger partial charge on any atom is -0.472 e. The summed E-state index contributed by atoms with van der Waals surface area (Å²) in [6, 6.07) is 2.02. The van der Waals surface area contributed by atoms with E-state index in [0.29, 0.717) is 0 Å². The number of rotatable bonds is 9. The Bertz CT molecular complexity index is 500. The molecule has 1 heterocycles. The number of hydrogen-bond acceptors (Lipinski definition) is 2. The van der Waals surface area contributed by atoms with Crippen molar-refractivity contribution in [3.8, 4) is 0 Å². The maximum absolute atomic E-state index is 9.87. The van der Waals surface area contributed by atoms with Gasteiger partial charge in [0.05, 0.1) is 18.6 Å². The molecule has 1 aromatic rings. The van der Waals surface area contributed by atoms with Gasteiger partial charge in [-0.1, -0.05) is 34.9 Å². The van der Waals surface area contributed by atoms with E-state index in [9.17, 15) is 5.11 Å². The Labute approximate surface area is 135 Å². The molecule has 0 amide bonds. The van der Waals surface area contributed by atoms with Gasteiger partial charge < -0.3 is 9.52 Å². The fraction of sp³-hybridized carbons (Fsp3) is 0.500. The van der Waals surface area contributed by atoms with E-state index < -0.39 is 0 Å². The van der Waals surface area contributed by atoms with Gasteiger partial charge in [-0.2, -0.15) is 0 Å². The highest BCUT2D eigenvalue weighted by Gasteiger charge is 2.01. The molecule has 0 aliphatic carbocycles. The van der Waals surface area contributed by atoms with Crippen molar-refractivity contribution in [3.05, 3.63) is 59.1 Å². The molecule has 0 fully saturated rings. The summed E-state index contributed by atoms with van der Waals surface area (Å²) in [5.74, 6) is 0. The van der Waals surface area contributed by atoms with Crippen LogP contribution in [0.15, 0.2) is 58.0 Å². The van der Waals surface area contributed by atoms with Crippen LogP contribution in [0.5, 0.6) is 0 Å². The molecule has 1 unspecified atom stereocenters. The Morgan fingerprint density at radius 1 is 1.14 bits per heavy atom. The lowest BCUT2D eigenvalue weighted by Crippen LogP contribution is -2.03. The number of hydrogen-bond donors (Lipinski definition) is 1. The molecule has 1 aromatic heterocycles. The van der Waals surface area contributed by atoms with Crippen LogP contribution in [0.3, 0.4) is 0 Å². The fourth-order valence-corrected chi connectivity index (χ4v) is 2.43. The molecule has 0 radical (unpaired) electrons. The Balaban J connectivity index is 2.26. The first kappa shape index (κ1) is 18.5. The summed E-state index contributed by atoms with van der Waals surface area (Å²) < 4.78 is 5.07. The van der Waals surface area contributed by atoms with E-state index in [0.717, 1.165) is 37.7 Å². The predicted molar refractivity (Wildman–Crippen MR) is 93.8 cm³/mol. The van der Waals surface area contributed by atoms with Crippen LogP contribution in [-0.2, 0) is 6.42 Å². The van der Waals surface area contributed by atoms with Crippen LogP contribution in [0.2, 0.25) is 0 Å². The van der Waals surface area contributed by atoms with Crippen LogP contribution in [0.25, 0.3) is 0 Å². The van der Waals surface area contributed by atoms with E-state index in [4.69, 9.17) is 4.42 Å². The Morgan fingerprint density at radius 2 is 1.86 bits per heavy atom. The van der Waals surface area contributed by atoms with Gasteiger partial charge in [-0.3, -0.25) is 0 Å². The van der Waals surface area contributed by atoms with Gasteiger partial charge in [-0.15, -0.1) is 0 Å². The lowest BCUT2D eigenvalue weighted by atomic mass is 10.0. The average molecular weight is 302 g/mol. The molecule has 2 heteroatoms. The number of aryl methyl sites for hydroxylation is 1. The predicted octanol–water partition coefficient (Wildman–Crippen LogP) is 5.60. The molecule has 22 heavy (non-hydrogen) atoms. The second-order valence-electron chi connectivity index (χ2n) is 6.33. The number of furan rings is 1. The number of allylic oxidation sites excluding steroid dienone is 4. The van der Waals surface area contributed by atoms with Crippen LogP contribution < -0.4 is 0 Å². The van der Waals surface area contributed by atoms with Crippen molar-refractivity contribution >= 4 is 0 Å². The summed E-state index contributed by atoms with van der Waals surface area (Å²) in [6.07, 6.45) is 14.6. The maximum Gasteiger partial charge on any atom is 0.0934 e. The second kappa shape index (κ2) is 10.2. The molecule has 0 bridgehead atoms. The zero-order chi connectivity index (χ0) is 16.4. The highest BCUT2D eigenvalue weighted by molar-refractivity contribution is 5.10. The smallest absolute Gasteiger partial charge is 0.0934 e. The zero-order valence-electron chi connectivity index (χ0n) is 14.4. The maximum atomic E-state index is 9.87. The van der Waals surface area contributed by atoms with Gasteiger partial charge in [0.2, 0.25) is 0 Å². The monoisotopic (exact) mass is 302 g/mol. The summed E-state index contributed by atoms with van der Waals surface area (Å²) >= 11 is 0. The molecule has 0 saturated carbocycles. The van der Waals surface area contributed by atoms with Gasteiger partial charge in [0.15, 0.2) is 0 Å². The van der Waals surface area contributed by atoms with Crippen LogP contribution in [0, 0.1) is 0 Å². The molecule has 1 N–H and O–H groups in total.